The predicted molar refractivity (Wildman–Crippen MR) is 114 cm³/mol. The summed E-state index contributed by atoms with van der Waals surface area (Å²) < 4.78 is 17.8. The summed E-state index contributed by atoms with van der Waals surface area (Å²) in [6, 6.07) is 19.7. The highest BCUT2D eigenvalue weighted by Crippen LogP contribution is 2.08. The molecular weight excluding hydrogens is 358 g/mol. The van der Waals surface area contributed by atoms with Gasteiger partial charge in [0.25, 0.3) is 0 Å². The maximum absolute atomic E-state index is 12.2. The van der Waals surface area contributed by atoms with Crippen LogP contribution in [0.25, 0.3) is 0 Å². The van der Waals surface area contributed by atoms with Crippen LogP contribution in [0.15, 0.2) is 65.7 Å². The lowest BCUT2D eigenvalue weighted by Gasteiger charge is -2.11. The first kappa shape index (κ1) is 21.0. The molecule has 0 heterocycles. The highest BCUT2D eigenvalue weighted by Gasteiger charge is 2.03. The average molecular weight is 388 g/mol. The van der Waals surface area contributed by atoms with E-state index in [1.54, 1.807) is 0 Å². The van der Waals surface area contributed by atoms with E-state index in [4.69, 9.17) is 4.74 Å². The molecule has 27 heavy (non-hydrogen) atoms. The second-order valence-corrected chi connectivity index (χ2v) is 7.55. The molecule has 0 spiro atoms. The van der Waals surface area contributed by atoms with Crippen molar-refractivity contribution in [3.63, 3.8) is 0 Å². The van der Waals surface area contributed by atoms with Crippen LogP contribution >= 0.6 is 0 Å². The fourth-order valence-corrected chi connectivity index (χ4v) is 3.46. The van der Waals surface area contributed by atoms with Crippen molar-refractivity contribution in [3.8, 4) is 5.75 Å². The van der Waals surface area contributed by atoms with Crippen molar-refractivity contribution < 1.29 is 8.95 Å². The minimum absolute atomic E-state index is 0.590. The lowest BCUT2D eigenvalue weighted by Crippen LogP contribution is -2.39. The van der Waals surface area contributed by atoms with E-state index in [2.05, 4.69) is 15.6 Å². The Hall–Kier alpha value is -2.34. The van der Waals surface area contributed by atoms with E-state index in [-0.39, 0.29) is 0 Å². The second-order valence-electron chi connectivity index (χ2n) is 5.98. The third kappa shape index (κ3) is 9.24. The first-order valence-corrected chi connectivity index (χ1v) is 10.9. The van der Waals surface area contributed by atoms with Crippen LogP contribution in [0.1, 0.15) is 18.9 Å². The Labute approximate surface area is 164 Å². The van der Waals surface area contributed by atoms with Crippen molar-refractivity contribution in [2.45, 2.75) is 19.1 Å². The number of hydrogen-bond acceptors (Lipinski definition) is 3. The number of rotatable bonds is 11. The quantitative estimate of drug-likeness (QED) is 0.353. The van der Waals surface area contributed by atoms with Crippen molar-refractivity contribution >= 4 is 16.8 Å². The highest BCUT2D eigenvalue weighted by molar-refractivity contribution is 7.84. The number of nitrogens with one attached hydrogen (secondary N) is 2. The van der Waals surface area contributed by atoms with Gasteiger partial charge in [0.2, 0.25) is 0 Å². The number of nitrogens with zero attached hydrogens (tertiary/aromatic N) is 1. The molecule has 6 heteroatoms. The van der Waals surface area contributed by atoms with Crippen LogP contribution in [0.2, 0.25) is 0 Å². The molecule has 0 saturated carbocycles. The van der Waals surface area contributed by atoms with Crippen molar-refractivity contribution in [1.29, 1.82) is 0 Å². The third-order valence-electron chi connectivity index (χ3n) is 3.72. The lowest BCUT2D eigenvalue weighted by molar-refractivity contribution is 0.313. The molecular formula is C21H29N3O2S. The maximum atomic E-state index is 12.2. The molecule has 0 aliphatic carbocycles. The van der Waals surface area contributed by atoms with Gasteiger partial charge in [-0.05, 0) is 24.6 Å². The molecule has 0 amide bonds. The minimum atomic E-state index is -0.887. The minimum Gasteiger partial charge on any atom is -0.494 e. The lowest BCUT2D eigenvalue weighted by atomic mass is 10.2. The fourth-order valence-electron chi connectivity index (χ4n) is 2.42. The Morgan fingerprint density at radius 3 is 2.44 bits per heavy atom. The zero-order valence-corrected chi connectivity index (χ0v) is 16.7. The molecule has 0 saturated heterocycles. The van der Waals surface area contributed by atoms with E-state index in [1.165, 1.54) is 0 Å². The number of aliphatic imine (C=N–C) groups is 1. The molecule has 0 fully saturated rings. The largest absolute Gasteiger partial charge is 0.494 e. The molecule has 0 bridgehead atoms. The normalized spacial score (nSPS) is 12.4. The molecule has 0 radical (unpaired) electrons. The number of guanidine groups is 1. The predicted octanol–water partition coefficient (Wildman–Crippen LogP) is 2.96. The molecule has 0 aliphatic rings. The topological polar surface area (TPSA) is 62.7 Å². The summed E-state index contributed by atoms with van der Waals surface area (Å²) in [7, 11) is -0.887. The molecule has 5 nitrogen and oxygen atoms in total. The Morgan fingerprint density at radius 2 is 1.74 bits per heavy atom. The van der Waals surface area contributed by atoms with Gasteiger partial charge in [-0.25, -0.2) is 0 Å². The number of hydrogen-bond donors (Lipinski definition) is 2. The van der Waals surface area contributed by atoms with Crippen LogP contribution in [0, 0.1) is 0 Å². The van der Waals surface area contributed by atoms with E-state index in [0.29, 0.717) is 31.2 Å². The van der Waals surface area contributed by atoms with Gasteiger partial charge in [0.1, 0.15) is 5.75 Å². The van der Waals surface area contributed by atoms with E-state index >= 15 is 0 Å². The Morgan fingerprint density at radius 1 is 1.04 bits per heavy atom. The van der Waals surface area contributed by atoms with E-state index in [0.717, 1.165) is 30.2 Å². The SMILES string of the molecule is CCNC(=NCCCOc1ccccc1)NCCS(=O)Cc1ccccc1. The van der Waals surface area contributed by atoms with Gasteiger partial charge in [0.05, 0.1) is 6.61 Å². The smallest absolute Gasteiger partial charge is 0.191 e. The van der Waals surface area contributed by atoms with Crippen LogP contribution in [-0.2, 0) is 16.6 Å². The molecule has 2 rings (SSSR count). The first-order valence-electron chi connectivity index (χ1n) is 9.37. The van der Waals surface area contributed by atoms with Gasteiger partial charge in [-0.15, -0.1) is 0 Å². The number of para-hydroxylation sites is 1. The van der Waals surface area contributed by atoms with E-state index in [1.807, 2.05) is 67.6 Å². The first-order chi connectivity index (χ1) is 13.3. The van der Waals surface area contributed by atoms with E-state index < -0.39 is 10.8 Å². The Kier molecular flexibility index (Phi) is 10.0. The third-order valence-corrected chi connectivity index (χ3v) is 5.04. The summed E-state index contributed by atoms with van der Waals surface area (Å²) in [6.45, 7) is 4.76. The van der Waals surface area contributed by atoms with Crippen molar-refractivity contribution in [2.24, 2.45) is 4.99 Å². The fraction of sp³-hybridized carbons (Fsp3) is 0.381. The van der Waals surface area contributed by atoms with Gasteiger partial charge >= 0.3 is 0 Å². The summed E-state index contributed by atoms with van der Waals surface area (Å²) in [4.78, 5) is 4.54. The van der Waals surface area contributed by atoms with Crippen molar-refractivity contribution in [1.82, 2.24) is 10.6 Å². The highest BCUT2D eigenvalue weighted by atomic mass is 32.2. The summed E-state index contributed by atoms with van der Waals surface area (Å²) in [5.74, 6) is 2.82. The molecule has 2 aromatic rings. The van der Waals surface area contributed by atoms with Crippen molar-refractivity contribution in [2.75, 3.05) is 32.0 Å². The van der Waals surface area contributed by atoms with Crippen LogP contribution in [0.4, 0.5) is 0 Å². The van der Waals surface area contributed by atoms with Gasteiger partial charge in [-0.3, -0.25) is 9.20 Å². The summed E-state index contributed by atoms with van der Waals surface area (Å²) >= 11 is 0. The monoisotopic (exact) mass is 387 g/mol. The van der Waals surface area contributed by atoms with Gasteiger partial charge < -0.3 is 15.4 Å². The number of ether oxygens (including phenoxy) is 1. The van der Waals surface area contributed by atoms with Crippen LogP contribution in [0.5, 0.6) is 5.75 Å². The average Bonchev–Trinajstić information content (AvgIpc) is 2.69. The standard InChI is InChI=1S/C21H29N3O2S/c1-2-22-21(23-14-9-16-26-20-12-7-4-8-13-20)24-15-17-27(25)18-19-10-5-3-6-11-19/h3-8,10-13H,2,9,14-18H2,1H3,(H2,22,23,24). The molecule has 2 aromatic carbocycles. The Bertz CT molecular complexity index is 693. The number of benzene rings is 2. The van der Waals surface area contributed by atoms with Gasteiger partial charge in [-0.2, -0.15) is 0 Å². The molecule has 0 aromatic heterocycles. The summed E-state index contributed by atoms with van der Waals surface area (Å²) in [5, 5.41) is 6.46. The van der Waals surface area contributed by atoms with Crippen LogP contribution < -0.4 is 15.4 Å². The van der Waals surface area contributed by atoms with Crippen LogP contribution in [-0.4, -0.2) is 42.2 Å². The second kappa shape index (κ2) is 12.9. The zero-order valence-electron chi connectivity index (χ0n) is 15.9. The molecule has 1 unspecified atom stereocenters. The van der Waals surface area contributed by atoms with Gasteiger partial charge in [-0.1, -0.05) is 48.5 Å². The molecule has 0 aliphatic heterocycles. The summed E-state index contributed by atoms with van der Waals surface area (Å²) in [6.07, 6.45) is 0.839. The van der Waals surface area contributed by atoms with Gasteiger partial charge in [0.15, 0.2) is 5.96 Å². The molecule has 2 N–H and O–H groups in total. The maximum Gasteiger partial charge on any atom is 0.191 e. The van der Waals surface area contributed by atoms with Crippen molar-refractivity contribution in [3.05, 3.63) is 66.2 Å². The van der Waals surface area contributed by atoms with Crippen LogP contribution in [0.3, 0.4) is 0 Å². The van der Waals surface area contributed by atoms with E-state index in [9.17, 15) is 4.21 Å². The Balaban J connectivity index is 1.64. The van der Waals surface area contributed by atoms with Gasteiger partial charge in [0, 0.05) is 48.4 Å². The zero-order chi connectivity index (χ0) is 19.2. The molecule has 146 valence electrons. The molecule has 1 atom stereocenters. The summed E-state index contributed by atoms with van der Waals surface area (Å²) in [5.41, 5.74) is 1.11.